The summed E-state index contributed by atoms with van der Waals surface area (Å²) in [5, 5.41) is 12.5. The van der Waals surface area contributed by atoms with Crippen molar-refractivity contribution >= 4 is 0 Å². The Morgan fingerprint density at radius 2 is 2.00 bits per heavy atom. The third kappa shape index (κ3) is 3.28. The molecule has 80 valence electrons. The van der Waals surface area contributed by atoms with Crippen LogP contribution in [0.1, 0.15) is 32.1 Å². The van der Waals surface area contributed by atoms with E-state index in [1.54, 1.807) is 0 Å². The first-order chi connectivity index (χ1) is 6.68. The molecule has 1 aliphatic carbocycles. The fourth-order valence-corrected chi connectivity index (χ4v) is 2.03. The van der Waals surface area contributed by atoms with Gasteiger partial charge in [-0.25, -0.2) is 0 Å². The van der Waals surface area contributed by atoms with Crippen molar-refractivity contribution in [3.8, 4) is 6.07 Å². The van der Waals surface area contributed by atoms with Crippen molar-refractivity contribution in [2.24, 2.45) is 0 Å². The predicted molar refractivity (Wildman–Crippen MR) is 58.0 cm³/mol. The molecule has 1 aliphatic rings. The molecule has 0 radical (unpaired) electrons. The van der Waals surface area contributed by atoms with Crippen molar-refractivity contribution in [1.29, 1.82) is 5.26 Å². The van der Waals surface area contributed by atoms with Crippen LogP contribution < -0.4 is 5.32 Å². The highest BCUT2D eigenvalue weighted by molar-refractivity contribution is 5.09. The lowest BCUT2D eigenvalue weighted by atomic mass is 10.00. The summed E-state index contributed by atoms with van der Waals surface area (Å²) in [4.78, 5) is 2.18. The minimum Gasteiger partial charge on any atom is -0.309 e. The molecule has 0 aliphatic heterocycles. The second-order valence-corrected chi connectivity index (χ2v) is 4.48. The highest BCUT2D eigenvalue weighted by Gasteiger charge is 2.32. The minimum absolute atomic E-state index is 0.188. The van der Waals surface area contributed by atoms with Crippen LogP contribution in [0.4, 0.5) is 0 Å². The Labute approximate surface area is 87.1 Å². The van der Waals surface area contributed by atoms with Gasteiger partial charge in [-0.05, 0) is 46.4 Å². The van der Waals surface area contributed by atoms with Gasteiger partial charge in [0.05, 0.1) is 6.07 Å². The summed E-state index contributed by atoms with van der Waals surface area (Å²) in [5.41, 5.74) is -0.188. The number of hydrogen-bond acceptors (Lipinski definition) is 3. The van der Waals surface area contributed by atoms with E-state index in [4.69, 9.17) is 5.26 Å². The molecule has 3 nitrogen and oxygen atoms in total. The maximum atomic E-state index is 9.10. The van der Waals surface area contributed by atoms with E-state index in [-0.39, 0.29) is 5.54 Å². The van der Waals surface area contributed by atoms with Gasteiger partial charge in [-0.1, -0.05) is 12.8 Å². The highest BCUT2D eigenvalue weighted by Crippen LogP contribution is 2.28. The van der Waals surface area contributed by atoms with Gasteiger partial charge in [-0.3, -0.25) is 5.32 Å². The van der Waals surface area contributed by atoms with Gasteiger partial charge in [-0.15, -0.1) is 0 Å². The van der Waals surface area contributed by atoms with E-state index in [0.717, 1.165) is 32.4 Å². The molecule has 0 amide bonds. The van der Waals surface area contributed by atoms with Crippen LogP contribution in [-0.4, -0.2) is 37.6 Å². The van der Waals surface area contributed by atoms with Crippen LogP contribution in [0.2, 0.25) is 0 Å². The molecular weight excluding hydrogens is 174 g/mol. The fraction of sp³-hybridized carbons (Fsp3) is 0.909. The van der Waals surface area contributed by atoms with E-state index in [1.165, 1.54) is 12.8 Å². The summed E-state index contributed by atoms with van der Waals surface area (Å²) in [7, 11) is 4.16. The molecular formula is C11H21N3. The number of hydrogen-bond donors (Lipinski definition) is 1. The van der Waals surface area contributed by atoms with E-state index >= 15 is 0 Å². The summed E-state index contributed by atoms with van der Waals surface area (Å²) >= 11 is 0. The maximum Gasteiger partial charge on any atom is 0.106 e. The van der Waals surface area contributed by atoms with Gasteiger partial charge in [0.2, 0.25) is 0 Å². The maximum absolute atomic E-state index is 9.10. The summed E-state index contributed by atoms with van der Waals surface area (Å²) in [6, 6.07) is 2.44. The van der Waals surface area contributed by atoms with Crippen molar-refractivity contribution in [3.05, 3.63) is 0 Å². The van der Waals surface area contributed by atoms with Gasteiger partial charge in [-0.2, -0.15) is 5.26 Å². The smallest absolute Gasteiger partial charge is 0.106 e. The fourth-order valence-electron chi connectivity index (χ4n) is 2.03. The van der Waals surface area contributed by atoms with E-state index in [2.05, 4.69) is 30.4 Å². The van der Waals surface area contributed by atoms with Crippen molar-refractivity contribution < 1.29 is 0 Å². The molecule has 0 heterocycles. The molecule has 3 heteroatoms. The SMILES string of the molecule is CN(C)CCCNC1(C#N)CCCC1. The van der Waals surface area contributed by atoms with Crippen LogP contribution in [0, 0.1) is 11.3 Å². The Kier molecular flexibility index (Phi) is 4.37. The summed E-state index contributed by atoms with van der Waals surface area (Å²) in [6.45, 7) is 2.06. The van der Waals surface area contributed by atoms with Crippen LogP contribution in [0.3, 0.4) is 0 Å². The van der Waals surface area contributed by atoms with Gasteiger partial charge in [0, 0.05) is 0 Å². The third-order valence-electron chi connectivity index (χ3n) is 2.92. The van der Waals surface area contributed by atoms with Gasteiger partial charge >= 0.3 is 0 Å². The van der Waals surface area contributed by atoms with Crippen LogP contribution in [0.5, 0.6) is 0 Å². The zero-order valence-electron chi connectivity index (χ0n) is 9.34. The molecule has 14 heavy (non-hydrogen) atoms. The molecule has 1 saturated carbocycles. The number of nitrogens with one attached hydrogen (secondary N) is 1. The molecule has 0 unspecified atom stereocenters. The molecule has 0 saturated heterocycles. The van der Waals surface area contributed by atoms with Crippen LogP contribution in [0.15, 0.2) is 0 Å². The summed E-state index contributed by atoms with van der Waals surface area (Å²) < 4.78 is 0. The monoisotopic (exact) mass is 195 g/mol. The Morgan fingerprint density at radius 1 is 1.36 bits per heavy atom. The predicted octanol–water partition coefficient (Wildman–Crippen LogP) is 1.36. The molecule has 0 aromatic rings. The van der Waals surface area contributed by atoms with Crippen molar-refractivity contribution in [2.45, 2.75) is 37.6 Å². The minimum atomic E-state index is -0.188. The van der Waals surface area contributed by atoms with Gasteiger partial charge in [0.15, 0.2) is 0 Å². The molecule has 0 aromatic carbocycles. The second kappa shape index (κ2) is 5.33. The molecule has 1 fully saturated rings. The lowest BCUT2D eigenvalue weighted by Crippen LogP contribution is -2.42. The second-order valence-electron chi connectivity index (χ2n) is 4.48. The van der Waals surface area contributed by atoms with E-state index in [0.29, 0.717) is 0 Å². The summed E-state index contributed by atoms with van der Waals surface area (Å²) in [5.74, 6) is 0. The van der Waals surface area contributed by atoms with Gasteiger partial charge in [0.1, 0.15) is 5.54 Å². The highest BCUT2D eigenvalue weighted by atomic mass is 15.1. The quantitative estimate of drug-likeness (QED) is 0.673. The normalized spacial score (nSPS) is 19.9. The zero-order chi connectivity index (χ0) is 10.4. The first-order valence-electron chi connectivity index (χ1n) is 5.49. The van der Waals surface area contributed by atoms with Crippen molar-refractivity contribution in [3.63, 3.8) is 0 Å². The van der Waals surface area contributed by atoms with Crippen molar-refractivity contribution in [2.75, 3.05) is 27.2 Å². The van der Waals surface area contributed by atoms with E-state index < -0.39 is 0 Å². The van der Waals surface area contributed by atoms with Crippen LogP contribution >= 0.6 is 0 Å². The Balaban J connectivity index is 2.19. The molecule has 1 rings (SSSR count). The molecule has 0 aromatic heterocycles. The molecule has 1 N–H and O–H groups in total. The topological polar surface area (TPSA) is 39.1 Å². The third-order valence-corrected chi connectivity index (χ3v) is 2.92. The first-order valence-corrected chi connectivity index (χ1v) is 5.49. The lowest BCUT2D eigenvalue weighted by molar-refractivity contribution is 0.365. The lowest BCUT2D eigenvalue weighted by Gasteiger charge is -2.22. The average molecular weight is 195 g/mol. The Hall–Kier alpha value is -0.590. The number of rotatable bonds is 5. The molecule has 0 spiro atoms. The Morgan fingerprint density at radius 3 is 2.50 bits per heavy atom. The standard InChI is InChI=1S/C11H21N3/c1-14(2)9-5-8-13-11(10-12)6-3-4-7-11/h13H,3-9H2,1-2H3. The molecule has 0 atom stereocenters. The summed E-state index contributed by atoms with van der Waals surface area (Å²) in [6.07, 6.45) is 5.59. The van der Waals surface area contributed by atoms with E-state index in [1.807, 2.05) is 0 Å². The first kappa shape index (κ1) is 11.5. The van der Waals surface area contributed by atoms with Crippen LogP contribution in [-0.2, 0) is 0 Å². The number of nitriles is 1. The van der Waals surface area contributed by atoms with Gasteiger partial charge < -0.3 is 4.90 Å². The number of nitrogens with zero attached hydrogens (tertiary/aromatic N) is 2. The molecule has 0 bridgehead atoms. The zero-order valence-corrected chi connectivity index (χ0v) is 9.34. The van der Waals surface area contributed by atoms with E-state index in [9.17, 15) is 0 Å². The average Bonchev–Trinajstić information content (AvgIpc) is 2.62. The van der Waals surface area contributed by atoms with Gasteiger partial charge in [0.25, 0.3) is 0 Å². The largest absolute Gasteiger partial charge is 0.309 e. The van der Waals surface area contributed by atoms with Crippen LogP contribution in [0.25, 0.3) is 0 Å². The van der Waals surface area contributed by atoms with Crippen molar-refractivity contribution in [1.82, 2.24) is 10.2 Å². The Bertz CT molecular complexity index is 199.